The van der Waals surface area contributed by atoms with Crippen LogP contribution >= 0.6 is 68.0 Å². The molecule has 0 bridgehead atoms. The molecule has 9 heteroatoms. The molecule has 2 unspecified atom stereocenters. The molecule has 0 radical (unpaired) electrons. The lowest BCUT2D eigenvalue weighted by Crippen LogP contribution is -2.42. The summed E-state index contributed by atoms with van der Waals surface area (Å²) in [6.07, 6.45) is 25.6. The standard InChI is InChI=1S/C68H77NO2S6/c1-6-11-14-15-16-19-26-45-31-33-48(34-32-45)69-67(70)60-59-61(47-29-22-18-23-30-47)76-64(65(59)77-66(60)68(69)71)56-42-52-58(54-38-36-50(73-54)40-44(10-5)25-13-8-3)62-51(41-55(74-62)46-27-20-17-21-28-46)57(63(52)75-56)53-37-35-49(72-53)39-43(9-4)24-12-7-2/h17-18,20-23,27-30,35-38,41-45,48H,6-16,19,24-26,31-34,39-40H2,1-5H3. The van der Waals surface area contributed by atoms with Crippen LogP contribution in [0.2, 0.25) is 0 Å². The predicted octanol–water partition coefficient (Wildman–Crippen LogP) is 23.3. The van der Waals surface area contributed by atoms with E-state index in [4.69, 9.17) is 0 Å². The van der Waals surface area contributed by atoms with E-state index < -0.39 is 0 Å². The van der Waals surface area contributed by atoms with Gasteiger partial charge in [-0.3, -0.25) is 14.5 Å². The van der Waals surface area contributed by atoms with E-state index in [0.29, 0.717) is 28.2 Å². The third-order valence-corrected chi connectivity index (χ3v) is 24.5. The van der Waals surface area contributed by atoms with Gasteiger partial charge in [-0.1, -0.05) is 192 Å². The van der Waals surface area contributed by atoms with Crippen LogP contribution in [0.1, 0.15) is 186 Å². The van der Waals surface area contributed by atoms with Crippen molar-refractivity contribution in [3.8, 4) is 51.5 Å². The van der Waals surface area contributed by atoms with E-state index in [0.717, 1.165) is 59.1 Å². The molecule has 6 aromatic heterocycles. The number of carbonyl (C=O) groups excluding carboxylic acids is 2. The number of fused-ring (bicyclic) bond motifs is 5. The fourth-order valence-electron chi connectivity index (χ4n) is 12.7. The first-order valence-electron chi connectivity index (χ1n) is 29.6. The van der Waals surface area contributed by atoms with Gasteiger partial charge in [0.1, 0.15) is 4.88 Å². The molecule has 0 spiro atoms. The Morgan fingerprint density at radius 1 is 0.468 bits per heavy atom. The number of hydrogen-bond acceptors (Lipinski definition) is 8. The number of amides is 2. The lowest BCUT2D eigenvalue weighted by atomic mass is 9.82. The van der Waals surface area contributed by atoms with Crippen LogP contribution in [-0.2, 0) is 12.8 Å². The van der Waals surface area contributed by atoms with Crippen molar-refractivity contribution in [2.24, 2.45) is 17.8 Å². The average molecular weight is 1130 g/mol. The molecule has 11 rings (SSSR count). The Bertz CT molecular complexity index is 3330. The van der Waals surface area contributed by atoms with Gasteiger partial charge in [0.05, 0.1) is 15.1 Å². The summed E-state index contributed by atoms with van der Waals surface area (Å²) in [5.41, 5.74) is 5.71. The van der Waals surface area contributed by atoms with E-state index in [9.17, 15) is 4.79 Å². The van der Waals surface area contributed by atoms with E-state index in [1.807, 2.05) is 56.7 Å². The molecule has 1 aliphatic carbocycles. The lowest BCUT2D eigenvalue weighted by Gasteiger charge is -2.33. The summed E-state index contributed by atoms with van der Waals surface area (Å²) in [6.45, 7) is 11.6. The maximum atomic E-state index is 15.1. The van der Waals surface area contributed by atoms with Gasteiger partial charge >= 0.3 is 0 Å². The van der Waals surface area contributed by atoms with E-state index in [1.165, 1.54) is 167 Å². The number of nitrogens with zero attached hydrogens (tertiary/aromatic N) is 1. The number of unbranched alkanes of at least 4 members (excludes halogenated alkanes) is 7. The second-order valence-electron chi connectivity index (χ2n) is 22.4. The highest BCUT2D eigenvalue weighted by Gasteiger charge is 2.45. The molecule has 2 amide bonds. The summed E-state index contributed by atoms with van der Waals surface area (Å²) in [4.78, 5) is 42.7. The Morgan fingerprint density at radius 3 is 1.60 bits per heavy atom. The van der Waals surface area contributed by atoms with E-state index in [2.05, 4.69) is 132 Å². The van der Waals surface area contributed by atoms with Crippen molar-refractivity contribution < 1.29 is 9.59 Å². The van der Waals surface area contributed by atoms with Crippen LogP contribution in [0.4, 0.5) is 0 Å². The minimum absolute atomic E-state index is 0.0246. The van der Waals surface area contributed by atoms with Gasteiger partial charge in [0.2, 0.25) is 0 Å². The summed E-state index contributed by atoms with van der Waals surface area (Å²) in [5.74, 6) is 1.94. The summed E-state index contributed by atoms with van der Waals surface area (Å²) >= 11 is 11.3. The van der Waals surface area contributed by atoms with Gasteiger partial charge in [-0.15, -0.1) is 68.0 Å². The monoisotopic (exact) mass is 1130 g/mol. The number of imide groups is 1. The van der Waals surface area contributed by atoms with Gasteiger partial charge in [-0.2, -0.15) is 0 Å². The van der Waals surface area contributed by atoms with Gasteiger partial charge in [0, 0.05) is 76.9 Å². The number of rotatable bonds is 25. The molecule has 2 atom stereocenters. The molecule has 1 aliphatic heterocycles. The minimum atomic E-state index is -0.0745. The first kappa shape index (κ1) is 54.7. The average Bonchev–Trinajstić information content (AvgIpc) is 4.54. The van der Waals surface area contributed by atoms with Gasteiger partial charge in [-0.05, 0) is 104 Å². The number of carbonyl (C=O) groups is 2. The molecule has 2 aliphatic rings. The van der Waals surface area contributed by atoms with Crippen LogP contribution in [0.15, 0.2) is 97.1 Å². The van der Waals surface area contributed by atoms with Gasteiger partial charge in [0.15, 0.2) is 0 Å². The molecular weight excluding hydrogens is 1060 g/mol. The van der Waals surface area contributed by atoms with Crippen molar-refractivity contribution in [3.05, 3.63) is 117 Å². The molecule has 402 valence electrons. The maximum Gasteiger partial charge on any atom is 0.271 e. The molecule has 1 saturated carbocycles. The van der Waals surface area contributed by atoms with E-state index in [-0.39, 0.29) is 17.9 Å². The Kier molecular flexibility index (Phi) is 17.8. The van der Waals surface area contributed by atoms with Crippen molar-refractivity contribution in [3.63, 3.8) is 0 Å². The zero-order valence-corrected chi connectivity index (χ0v) is 51.0. The fraction of sp³-hybridized carbons (Fsp3) is 0.441. The third kappa shape index (κ3) is 11.3. The highest BCUT2D eigenvalue weighted by Crippen LogP contribution is 2.58. The molecule has 77 heavy (non-hydrogen) atoms. The first-order chi connectivity index (χ1) is 37.8. The summed E-state index contributed by atoms with van der Waals surface area (Å²) in [6, 6.07) is 36.3. The zero-order valence-electron chi connectivity index (χ0n) is 46.1. The van der Waals surface area contributed by atoms with Crippen LogP contribution < -0.4 is 0 Å². The SMILES string of the molecule is CCCCCCCCC1CCC(N2C(=O)c3sc4c(-c5cc6c(-c7ccc(CC(CC)CCCC)s7)c7sc(-c8ccccc8)cc7c(-c7ccc(CC(CC)CCCC)s7)c6s5)sc(-c5ccccc5)c4c3C2=O)CC1. The largest absolute Gasteiger partial charge is 0.271 e. The summed E-state index contributed by atoms with van der Waals surface area (Å²) in [5, 5.41) is 3.62. The van der Waals surface area contributed by atoms with Gasteiger partial charge in [-0.25, -0.2) is 0 Å². The van der Waals surface area contributed by atoms with Crippen LogP contribution in [0, 0.1) is 17.8 Å². The normalized spacial score (nSPS) is 16.7. The molecule has 1 fully saturated rings. The zero-order chi connectivity index (χ0) is 53.0. The van der Waals surface area contributed by atoms with Crippen LogP contribution in [-0.4, -0.2) is 22.8 Å². The highest BCUT2D eigenvalue weighted by atomic mass is 32.1. The van der Waals surface area contributed by atoms with Crippen molar-refractivity contribution in [1.29, 1.82) is 0 Å². The summed E-state index contributed by atoms with van der Waals surface area (Å²) < 4.78 is 3.77. The Balaban J connectivity index is 1.04. The van der Waals surface area contributed by atoms with Crippen LogP contribution in [0.5, 0.6) is 0 Å². The quantitative estimate of drug-likeness (QED) is 0.0422. The van der Waals surface area contributed by atoms with Crippen LogP contribution in [0.25, 0.3) is 81.8 Å². The van der Waals surface area contributed by atoms with Gasteiger partial charge < -0.3 is 0 Å². The van der Waals surface area contributed by atoms with E-state index >= 15 is 4.79 Å². The Hall–Kier alpha value is -4.22. The van der Waals surface area contributed by atoms with Crippen molar-refractivity contribution >= 4 is 110 Å². The molecule has 3 nitrogen and oxygen atoms in total. The van der Waals surface area contributed by atoms with E-state index in [1.54, 1.807) is 16.2 Å². The highest BCUT2D eigenvalue weighted by molar-refractivity contribution is 7.33. The summed E-state index contributed by atoms with van der Waals surface area (Å²) in [7, 11) is 0. The van der Waals surface area contributed by atoms with Crippen LogP contribution in [0.3, 0.4) is 0 Å². The second-order valence-corrected chi connectivity index (χ2v) is 28.9. The van der Waals surface area contributed by atoms with Crippen molar-refractivity contribution in [1.82, 2.24) is 4.90 Å². The third-order valence-electron chi connectivity index (χ3n) is 17.2. The Labute approximate surface area is 482 Å². The molecule has 7 heterocycles. The topological polar surface area (TPSA) is 37.4 Å². The second kappa shape index (κ2) is 25.1. The first-order valence-corrected chi connectivity index (χ1v) is 34.5. The molecule has 0 N–H and O–H groups in total. The van der Waals surface area contributed by atoms with Crippen molar-refractivity contribution in [2.75, 3.05) is 0 Å². The Morgan fingerprint density at radius 2 is 1.01 bits per heavy atom. The molecule has 3 aromatic carbocycles. The van der Waals surface area contributed by atoms with Crippen molar-refractivity contribution in [2.45, 2.75) is 175 Å². The number of benzene rings is 3. The fourth-order valence-corrected chi connectivity index (χ4v) is 20.6. The molecule has 0 saturated heterocycles. The number of thiophene rings is 6. The van der Waals surface area contributed by atoms with Gasteiger partial charge in [0.25, 0.3) is 11.8 Å². The smallest absolute Gasteiger partial charge is 0.270 e. The minimum Gasteiger partial charge on any atom is -0.270 e. The molecule has 9 aromatic rings. The number of hydrogen-bond donors (Lipinski definition) is 0. The lowest BCUT2D eigenvalue weighted by molar-refractivity contribution is 0.0529. The predicted molar refractivity (Wildman–Crippen MR) is 342 cm³/mol. The maximum absolute atomic E-state index is 15.1. The molecular formula is C68H77NO2S6.